The molecule has 3 nitrogen and oxygen atoms in total. The number of unbranched alkanes of at least 4 members (excludes halogenated alkanes) is 1. The quantitative estimate of drug-likeness (QED) is 0.750. The molecule has 108 valence electrons. The van der Waals surface area contributed by atoms with Crippen LogP contribution in [0.15, 0.2) is 0 Å². The van der Waals surface area contributed by atoms with Gasteiger partial charge in [-0.3, -0.25) is 4.79 Å². The summed E-state index contributed by atoms with van der Waals surface area (Å²) in [6.45, 7) is 1.89. The number of ether oxygens (including phenoxy) is 1. The van der Waals surface area contributed by atoms with Crippen LogP contribution in [0.25, 0.3) is 0 Å². The lowest BCUT2D eigenvalue weighted by Crippen LogP contribution is -2.28. The average molecular weight is 265 g/mol. The number of fused-ring (bicyclic) bond motifs is 2. The van der Waals surface area contributed by atoms with E-state index in [1.165, 1.54) is 38.5 Å². The number of Topliss-reactive ketones (excluding diaryl/α,β-unsaturated/α-hetero) is 1. The topological polar surface area (TPSA) is 38.3 Å². The van der Waals surface area contributed by atoms with Crippen LogP contribution in [0.1, 0.15) is 57.8 Å². The third-order valence-electron chi connectivity index (χ3n) is 5.34. The predicted molar refractivity (Wildman–Crippen MR) is 75.1 cm³/mol. The van der Waals surface area contributed by atoms with Crippen molar-refractivity contribution < 1.29 is 9.53 Å². The summed E-state index contributed by atoms with van der Waals surface area (Å²) in [5.41, 5.74) is 0. The first kappa shape index (κ1) is 13.6. The van der Waals surface area contributed by atoms with Gasteiger partial charge in [-0.2, -0.15) is 0 Å². The Kier molecular flexibility index (Phi) is 4.54. The third-order valence-corrected chi connectivity index (χ3v) is 5.34. The van der Waals surface area contributed by atoms with E-state index in [1.807, 2.05) is 0 Å². The number of hydrogen-bond acceptors (Lipinski definition) is 3. The van der Waals surface area contributed by atoms with Gasteiger partial charge >= 0.3 is 0 Å². The molecule has 3 unspecified atom stereocenters. The summed E-state index contributed by atoms with van der Waals surface area (Å²) in [6.07, 6.45) is 10.5. The van der Waals surface area contributed by atoms with Gasteiger partial charge in [0.2, 0.25) is 0 Å². The van der Waals surface area contributed by atoms with E-state index in [-0.39, 0.29) is 0 Å². The fraction of sp³-hybridized carbons (Fsp3) is 0.938. The average Bonchev–Trinajstić information content (AvgIpc) is 3.07. The lowest BCUT2D eigenvalue weighted by atomic mass is 9.84. The fourth-order valence-electron chi connectivity index (χ4n) is 4.13. The summed E-state index contributed by atoms with van der Waals surface area (Å²) >= 11 is 0. The Bertz CT molecular complexity index is 312. The van der Waals surface area contributed by atoms with Crippen molar-refractivity contribution in [2.24, 2.45) is 11.8 Å². The van der Waals surface area contributed by atoms with Crippen LogP contribution < -0.4 is 5.32 Å². The van der Waals surface area contributed by atoms with Gasteiger partial charge in [0.1, 0.15) is 5.78 Å². The highest BCUT2D eigenvalue weighted by Crippen LogP contribution is 2.34. The first-order chi connectivity index (χ1) is 9.33. The van der Waals surface area contributed by atoms with Gasteiger partial charge in [-0.1, -0.05) is 12.8 Å². The summed E-state index contributed by atoms with van der Waals surface area (Å²) in [4.78, 5) is 12.2. The number of nitrogens with one attached hydrogen (secondary N) is 1. The number of carbonyl (C=O) groups is 1. The first-order valence-electron chi connectivity index (χ1n) is 8.19. The maximum absolute atomic E-state index is 12.2. The zero-order chi connectivity index (χ0) is 13.1. The number of carbonyl (C=O) groups excluding carboxylic acids is 1. The van der Waals surface area contributed by atoms with Gasteiger partial charge in [0.15, 0.2) is 0 Å². The molecule has 0 amide bonds. The van der Waals surface area contributed by atoms with Gasteiger partial charge < -0.3 is 10.1 Å². The molecule has 0 aromatic heterocycles. The van der Waals surface area contributed by atoms with Gasteiger partial charge in [-0.25, -0.2) is 0 Å². The second-order valence-electron chi connectivity index (χ2n) is 6.66. The van der Waals surface area contributed by atoms with E-state index >= 15 is 0 Å². The van der Waals surface area contributed by atoms with Crippen LogP contribution in [0.4, 0.5) is 0 Å². The van der Waals surface area contributed by atoms with Crippen molar-refractivity contribution in [3.63, 3.8) is 0 Å². The molecule has 3 rings (SSSR count). The summed E-state index contributed by atoms with van der Waals surface area (Å²) in [6, 6.07) is 1.18. The SMILES string of the molecule is O=C(CCCCC1CCOCC1)C1CC2CCC1N2. The Morgan fingerprint density at radius 3 is 2.63 bits per heavy atom. The van der Waals surface area contributed by atoms with Crippen LogP contribution in [0.5, 0.6) is 0 Å². The lowest BCUT2D eigenvalue weighted by Gasteiger charge is -2.22. The summed E-state index contributed by atoms with van der Waals surface area (Å²) < 4.78 is 5.38. The van der Waals surface area contributed by atoms with Crippen LogP contribution >= 0.6 is 0 Å². The van der Waals surface area contributed by atoms with Gasteiger partial charge in [0.05, 0.1) is 0 Å². The minimum atomic E-state index is 0.349. The highest BCUT2D eigenvalue weighted by Gasteiger charge is 2.41. The third kappa shape index (κ3) is 3.38. The second-order valence-corrected chi connectivity index (χ2v) is 6.66. The van der Waals surface area contributed by atoms with Crippen molar-refractivity contribution in [1.29, 1.82) is 0 Å². The Balaban J connectivity index is 1.30. The van der Waals surface area contributed by atoms with E-state index in [1.54, 1.807) is 0 Å². The fourth-order valence-corrected chi connectivity index (χ4v) is 4.13. The minimum absolute atomic E-state index is 0.349. The molecule has 19 heavy (non-hydrogen) atoms. The molecule has 0 radical (unpaired) electrons. The van der Waals surface area contributed by atoms with Crippen LogP contribution in [-0.2, 0) is 9.53 Å². The zero-order valence-electron chi connectivity index (χ0n) is 11.9. The van der Waals surface area contributed by atoms with Gasteiger partial charge in [-0.05, 0) is 44.4 Å². The summed E-state index contributed by atoms with van der Waals surface area (Å²) in [5, 5.41) is 3.57. The van der Waals surface area contributed by atoms with E-state index in [2.05, 4.69) is 5.32 Å². The van der Waals surface area contributed by atoms with Gasteiger partial charge in [0, 0.05) is 37.6 Å². The van der Waals surface area contributed by atoms with Gasteiger partial charge in [0.25, 0.3) is 0 Å². The molecule has 0 aromatic carbocycles. The van der Waals surface area contributed by atoms with Crippen molar-refractivity contribution in [1.82, 2.24) is 5.32 Å². The highest BCUT2D eigenvalue weighted by molar-refractivity contribution is 5.82. The Morgan fingerprint density at radius 1 is 1.11 bits per heavy atom. The largest absolute Gasteiger partial charge is 0.381 e. The Morgan fingerprint density at radius 2 is 1.95 bits per heavy atom. The lowest BCUT2D eigenvalue weighted by molar-refractivity contribution is -0.123. The molecule has 1 N–H and O–H groups in total. The van der Waals surface area contributed by atoms with Crippen molar-refractivity contribution in [2.45, 2.75) is 69.9 Å². The molecular weight excluding hydrogens is 238 g/mol. The molecule has 2 bridgehead atoms. The maximum Gasteiger partial charge on any atom is 0.137 e. The van der Waals surface area contributed by atoms with E-state index in [0.29, 0.717) is 23.8 Å². The van der Waals surface area contributed by atoms with Crippen LogP contribution in [0, 0.1) is 11.8 Å². The van der Waals surface area contributed by atoms with Crippen LogP contribution in [0.2, 0.25) is 0 Å². The molecule has 3 heteroatoms. The predicted octanol–water partition coefficient (Wildman–Crippen LogP) is 2.68. The molecule has 0 aliphatic carbocycles. The Labute approximate surface area is 116 Å². The molecular formula is C16H27NO2. The van der Waals surface area contributed by atoms with Crippen molar-refractivity contribution >= 4 is 5.78 Å². The molecule has 3 aliphatic rings. The summed E-state index contributed by atoms with van der Waals surface area (Å²) in [7, 11) is 0. The Hall–Kier alpha value is -0.410. The number of hydrogen-bond donors (Lipinski definition) is 1. The van der Waals surface area contributed by atoms with Crippen molar-refractivity contribution in [3.8, 4) is 0 Å². The van der Waals surface area contributed by atoms with E-state index in [4.69, 9.17) is 4.74 Å². The van der Waals surface area contributed by atoms with Gasteiger partial charge in [-0.15, -0.1) is 0 Å². The van der Waals surface area contributed by atoms with Crippen molar-refractivity contribution in [3.05, 3.63) is 0 Å². The zero-order valence-corrected chi connectivity index (χ0v) is 11.9. The van der Waals surface area contributed by atoms with E-state index in [9.17, 15) is 4.79 Å². The molecule has 3 saturated heterocycles. The first-order valence-corrected chi connectivity index (χ1v) is 8.19. The standard InChI is InChI=1S/C16H27NO2/c18-16(14-11-13-5-6-15(14)17-13)4-2-1-3-12-7-9-19-10-8-12/h12-15,17H,1-11H2. The van der Waals surface area contributed by atoms with Crippen LogP contribution in [-0.4, -0.2) is 31.1 Å². The van der Waals surface area contributed by atoms with E-state index < -0.39 is 0 Å². The highest BCUT2D eigenvalue weighted by atomic mass is 16.5. The molecule has 3 fully saturated rings. The second kappa shape index (κ2) is 6.36. The molecule has 3 heterocycles. The number of ketones is 1. The molecule has 0 saturated carbocycles. The van der Waals surface area contributed by atoms with Crippen LogP contribution in [0.3, 0.4) is 0 Å². The minimum Gasteiger partial charge on any atom is -0.381 e. The van der Waals surface area contributed by atoms with Crippen molar-refractivity contribution in [2.75, 3.05) is 13.2 Å². The normalized spacial score (nSPS) is 34.8. The molecule has 3 aliphatic heterocycles. The number of rotatable bonds is 6. The summed E-state index contributed by atoms with van der Waals surface area (Å²) in [5.74, 6) is 1.74. The smallest absolute Gasteiger partial charge is 0.137 e. The maximum atomic E-state index is 12.2. The molecule has 0 aromatic rings. The molecule has 3 atom stereocenters. The molecule has 0 spiro atoms. The monoisotopic (exact) mass is 265 g/mol. The van der Waals surface area contributed by atoms with E-state index in [0.717, 1.165) is 38.4 Å².